The summed E-state index contributed by atoms with van der Waals surface area (Å²) in [4.78, 5) is 19.8. The summed E-state index contributed by atoms with van der Waals surface area (Å²) in [5, 5.41) is 6.04. The Morgan fingerprint density at radius 3 is 2.94 bits per heavy atom. The Kier molecular flexibility index (Phi) is 4.28. The third kappa shape index (κ3) is 3.29. The van der Waals surface area contributed by atoms with Gasteiger partial charge < -0.3 is 10.6 Å². The van der Waals surface area contributed by atoms with E-state index in [9.17, 15) is 4.79 Å². The zero-order valence-electron chi connectivity index (χ0n) is 10.4. The molecular weight excluding hydrogens is 228 g/mol. The standard InChI is InChI=1S/C13H18N4O/c1-2-7-14-13(18)11-8-12(16-9-15-11)17-10-5-3-4-6-10/h2,8-10H,1,3-7H2,(H,14,18)(H,15,16,17). The molecule has 0 radical (unpaired) electrons. The highest BCUT2D eigenvalue weighted by molar-refractivity contribution is 5.92. The molecule has 1 heterocycles. The van der Waals surface area contributed by atoms with Gasteiger partial charge in [0, 0.05) is 18.7 Å². The predicted molar refractivity (Wildman–Crippen MR) is 70.4 cm³/mol. The summed E-state index contributed by atoms with van der Waals surface area (Å²) in [6.07, 6.45) is 7.91. The summed E-state index contributed by atoms with van der Waals surface area (Å²) in [6, 6.07) is 2.17. The van der Waals surface area contributed by atoms with E-state index >= 15 is 0 Å². The van der Waals surface area contributed by atoms with E-state index in [0.717, 1.165) is 5.82 Å². The normalized spacial score (nSPS) is 15.3. The third-order valence-corrected chi connectivity index (χ3v) is 3.01. The fourth-order valence-corrected chi connectivity index (χ4v) is 2.10. The lowest BCUT2D eigenvalue weighted by Gasteiger charge is -2.12. The van der Waals surface area contributed by atoms with Crippen molar-refractivity contribution in [3.63, 3.8) is 0 Å². The molecule has 1 aliphatic rings. The second kappa shape index (κ2) is 6.14. The van der Waals surface area contributed by atoms with Crippen LogP contribution in [0.5, 0.6) is 0 Å². The smallest absolute Gasteiger partial charge is 0.270 e. The van der Waals surface area contributed by atoms with Gasteiger partial charge in [0.05, 0.1) is 0 Å². The predicted octanol–water partition coefficient (Wildman–Crippen LogP) is 1.75. The van der Waals surface area contributed by atoms with Crippen molar-refractivity contribution in [3.05, 3.63) is 30.7 Å². The van der Waals surface area contributed by atoms with Crippen LogP contribution in [-0.4, -0.2) is 28.5 Å². The van der Waals surface area contributed by atoms with Crippen molar-refractivity contribution in [2.75, 3.05) is 11.9 Å². The number of carbonyl (C=O) groups is 1. The Morgan fingerprint density at radius 2 is 2.22 bits per heavy atom. The molecule has 2 rings (SSSR count). The van der Waals surface area contributed by atoms with Crippen LogP contribution in [-0.2, 0) is 0 Å². The molecule has 2 N–H and O–H groups in total. The zero-order chi connectivity index (χ0) is 12.8. The molecular formula is C13H18N4O. The summed E-state index contributed by atoms with van der Waals surface area (Å²) in [5.74, 6) is 0.521. The topological polar surface area (TPSA) is 66.9 Å². The van der Waals surface area contributed by atoms with Crippen molar-refractivity contribution in [2.24, 2.45) is 0 Å². The maximum Gasteiger partial charge on any atom is 0.270 e. The summed E-state index contributed by atoms with van der Waals surface area (Å²) >= 11 is 0. The molecule has 0 atom stereocenters. The molecule has 1 aromatic rings. The van der Waals surface area contributed by atoms with E-state index in [4.69, 9.17) is 0 Å². The van der Waals surface area contributed by atoms with Crippen molar-refractivity contribution < 1.29 is 4.79 Å². The highest BCUT2D eigenvalue weighted by Crippen LogP contribution is 2.21. The lowest BCUT2D eigenvalue weighted by atomic mass is 10.2. The van der Waals surface area contributed by atoms with Gasteiger partial charge in [-0.05, 0) is 12.8 Å². The van der Waals surface area contributed by atoms with Crippen LogP contribution in [0.15, 0.2) is 25.0 Å². The first-order valence-corrected chi connectivity index (χ1v) is 6.27. The van der Waals surface area contributed by atoms with E-state index in [2.05, 4.69) is 27.2 Å². The van der Waals surface area contributed by atoms with Gasteiger partial charge in [0.15, 0.2) is 0 Å². The van der Waals surface area contributed by atoms with Gasteiger partial charge in [0.2, 0.25) is 0 Å². The lowest BCUT2D eigenvalue weighted by Crippen LogP contribution is -2.25. The number of anilines is 1. The molecule has 5 heteroatoms. The average Bonchev–Trinajstić information content (AvgIpc) is 2.89. The molecule has 0 aliphatic heterocycles. The summed E-state index contributed by atoms with van der Waals surface area (Å²) in [6.45, 7) is 3.99. The number of aromatic nitrogens is 2. The van der Waals surface area contributed by atoms with Gasteiger partial charge in [-0.25, -0.2) is 9.97 Å². The van der Waals surface area contributed by atoms with E-state index < -0.39 is 0 Å². The molecule has 0 unspecified atom stereocenters. The molecule has 0 saturated heterocycles. The molecule has 5 nitrogen and oxygen atoms in total. The Balaban J connectivity index is 1.99. The minimum absolute atomic E-state index is 0.202. The van der Waals surface area contributed by atoms with Crippen LogP contribution in [0, 0.1) is 0 Å². The summed E-state index contributed by atoms with van der Waals surface area (Å²) < 4.78 is 0. The SMILES string of the molecule is C=CCNC(=O)c1cc(NC2CCCC2)ncn1. The van der Waals surface area contributed by atoms with E-state index in [1.165, 1.54) is 32.0 Å². The first-order valence-electron chi connectivity index (χ1n) is 6.27. The Hall–Kier alpha value is -1.91. The van der Waals surface area contributed by atoms with Crippen molar-refractivity contribution in [1.82, 2.24) is 15.3 Å². The maximum absolute atomic E-state index is 11.7. The molecule has 1 aromatic heterocycles. The number of rotatable bonds is 5. The number of nitrogens with one attached hydrogen (secondary N) is 2. The number of carbonyl (C=O) groups excluding carboxylic acids is 1. The first-order chi connectivity index (χ1) is 8.79. The van der Waals surface area contributed by atoms with Gasteiger partial charge in [0.25, 0.3) is 5.91 Å². The number of hydrogen-bond acceptors (Lipinski definition) is 4. The second-order valence-corrected chi connectivity index (χ2v) is 4.41. The molecule has 1 saturated carbocycles. The highest BCUT2D eigenvalue weighted by Gasteiger charge is 2.15. The molecule has 1 aliphatic carbocycles. The zero-order valence-corrected chi connectivity index (χ0v) is 10.4. The molecule has 0 spiro atoms. The number of hydrogen-bond donors (Lipinski definition) is 2. The second-order valence-electron chi connectivity index (χ2n) is 4.41. The molecule has 96 valence electrons. The average molecular weight is 246 g/mol. The van der Waals surface area contributed by atoms with Crippen molar-refractivity contribution in [3.8, 4) is 0 Å². The molecule has 1 fully saturated rings. The van der Waals surface area contributed by atoms with Crippen molar-refractivity contribution in [1.29, 1.82) is 0 Å². The fraction of sp³-hybridized carbons (Fsp3) is 0.462. The minimum Gasteiger partial charge on any atom is -0.367 e. The van der Waals surface area contributed by atoms with Crippen LogP contribution < -0.4 is 10.6 Å². The molecule has 1 amide bonds. The molecule has 0 aromatic carbocycles. The third-order valence-electron chi connectivity index (χ3n) is 3.01. The van der Waals surface area contributed by atoms with Gasteiger partial charge in [-0.3, -0.25) is 4.79 Å². The highest BCUT2D eigenvalue weighted by atomic mass is 16.1. The van der Waals surface area contributed by atoms with Gasteiger partial charge in [0.1, 0.15) is 17.8 Å². The number of amides is 1. The lowest BCUT2D eigenvalue weighted by molar-refractivity contribution is 0.0953. The monoisotopic (exact) mass is 246 g/mol. The van der Waals surface area contributed by atoms with Gasteiger partial charge >= 0.3 is 0 Å². The van der Waals surface area contributed by atoms with E-state index in [1.807, 2.05) is 0 Å². The van der Waals surface area contributed by atoms with Crippen molar-refractivity contribution >= 4 is 11.7 Å². The maximum atomic E-state index is 11.7. The van der Waals surface area contributed by atoms with Crippen LogP contribution in [0.1, 0.15) is 36.2 Å². The summed E-state index contributed by atoms with van der Waals surface area (Å²) in [7, 11) is 0. The van der Waals surface area contributed by atoms with Gasteiger partial charge in [-0.2, -0.15) is 0 Å². The van der Waals surface area contributed by atoms with Gasteiger partial charge in [-0.15, -0.1) is 6.58 Å². The van der Waals surface area contributed by atoms with Crippen LogP contribution >= 0.6 is 0 Å². The van der Waals surface area contributed by atoms with E-state index in [0.29, 0.717) is 18.3 Å². The Morgan fingerprint density at radius 1 is 1.44 bits per heavy atom. The van der Waals surface area contributed by atoms with Crippen LogP contribution in [0.2, 0.25) is 0 Å². The first kappa shape index (κ1) is 12.5. The largest absolute Gasteiger partial charge is 0.367 e. The summed E-state index contributed by atoms with van der Waals surface area (Å²) in [5.41, 5.74) is 0.382. The fourth-order valence-electron chi connectivity index (χ4n) is 2.10. The van der Waals surface area contributed by atoms with Crippen LogP contribution in [0.4, 0.5) is 5.82 Å². The van der Waals surface area contributed by atoms with Crippen LogP contribution in [0.25, 0.3) is 0 Å². The molecule has 18 heavy (non-hydrogen) atoms. The molecule has 0 bridgehead atoms. The number of nitrogens with zero attached hydrogens (tertiary/aromatic N) is 2. The van der Waals surface area contributed by atoms with Gasteiger partial charge in [-0.1, -0.05) is 18.9 Å². The van der Waals surface area contributed by atoms with Crippen LogP contribution in [0.3, 0.4) is 0 Å². The Bertz CT molecular complexity index is 427. The quantitative estimate of drug-likeness (QED) is 0.777. The minimum atomic E-state index is -0.202. The van der Waals surface area contributed by atoms with Crippen molar-refractivity contribution in [2.45, 2.75) is 31.7 Å². The van der Waals surface area contributed by atoms with E-state index in [-0.39, 0.29) is 5.91 Å². The Labute approximate surface area is 107 Å². The van der Waals surface area contributed by atoms with E-state index in [1.54, 1.807) is 12.1 Å².